The molecule has 14 heteroatoms. The van der Waals surface area contributed by atoms with Gasteiger partial charge in [0.15, 0.2) is 0 Å². The Kier molecular flexibility index (Phi) is 6.61. The number of carboxylic acid groups (broad SMARTS) is 2. The highest BCUT2D eigenvalue weighted by molar-refractivity contribution is 7.93. The summed E-state index contributed by atoms with van der Waals surface area (Å²) >= 11 is 0. The van der Waals surface area contributed by atoms with E-state index < -0.39 is 54.6 Å². The fourth-order valence-electron chi connectivity index (χ4n) is 3.69. The Morgan fingerprint density at radius 1 is 0.579 bits per heavy atom. The van der Waals surface area contributed by atoms with Gasteiger partial charge >= 0.3 is 11.9 Å². The number of fused-ring (bicyclic) bond motifs is 1. The first-order chi connectivity index (χ1) is 17.8. The van der Waals surface area contributed by atoms with Crippen molar-refractivity contribution < 1.29 is 46.9 Å². The maximum atomic E-state index is 13.2. The van der Waals surface area contributed by atoms with Crippen LogP contribution >= 0.6 is 0 Å². The molecular weight excluding hydrogens is 540 g/mol. The normalized spacial score (nSPS) is 11.7. The number of benzene rings is 4. The molecular formula is C24H18N2O10S2. The predicted octanol–water partition coefficient (Wildman–Crippen LogP) is 3.25. The molecule has 0 bridgehead atoms. The van der Waals surface area contributed by atoms with Gasteiger partial charge in [-0.15, -0.1) is 0 Å². The Bertz CT molecular complexity index is 1830. The maximum Gasteiger partial charge on any atom is 0.339 e. The quantitative estimate of drug-likeness (QED) is 0.174. The molecule has 0 fully saturated rings. The van der Waals surface area contributed by atoms with Gasteiger partial charge in [-0.1, -0.05) is 24.3 Å². The molecule has 0 heterocycles. The van der Waals surface area contributed by atoms with Crippen LogP contribution in [0.15, 0.2) is 82.6 Å². The minimum absolute atomic E-state index is 0.0317. The van der Waals surface area contributed by atoms with Crippen LogP contribution in [0.4, 0.5) is 11.4 Å². The van der Waals surface area contributed by atoms with Crippen LogP contribution in [0.1, 0.15) is 20.7 Å². The van der Waals surface area contributed by atoms with Gasteiger partial charge in [-0.2, -0.15) is 0 Å². The summed E-state index contributed by atoms with van der Waals surface area (Å²) < 4.78 is 57.2. The number of nitrogens with one attached hydrogen (secondary N) is 2. The molecule has 6 N–H and O–H groups in total. The monoisotopic (exact) mass is 558 g/mol. The van der Waals surface area contributed by atoms with Gasteiger partial charge in [0.1, 0.15) is 22.6 Å². The summed E-state index contributed by atoms with van der Waals surface area (Å²) in [4.78, 5) is 21.8. The molecule has 12 nitrogen and oxygen atoms in total. The highest BCUT2D eigenvalue weighted by Gasteiger charge is 2.24. The molecule has 4 aromatic rings. The molecule has 38 heavy (non-hydrogen) atoms. The molecule has 0 aromatic heterocycles. The van der Waals surface area contributed by atoms with Crippen molar-refractivity contribution >= 4 is 54.1 Å². The summed E-state index contributed by atoms with van der Waals surface area (Å²) in [6.07, 6.45) is 0. The minimum Gasteiger partial charge on any atom is -0.507 e. The third-order valence-electron chi connectivity index (χ3n) is 5.38. The number of hydrogen-bond donors (Lipinski definition) is 6. The van der Waals surface area contributed by atoms with Crippen molar-refractivity contribution in [2.45, 2.75) is 9.79 Å². The number of hydrogen-bond acceptors (Lipinski definition) is 8. The molecule has 196 valence electrons. The molecule has 0 saturated heterocycles. The number of rotatable bonds is 8. The molecule has 0 amide bonds. The average Bonchev–Trinajstić information content (AvgIpc) is 2.83. The van der Waals surface area contributed by atoms with Crippen molar-refractivity contribution in [3.8, 4) is 11.5 Å². The lowest BCUT2D eigenvalue weighted by Gasteiger charge is -2.14. The Balaban J connectivity index is 1.75. The Hall–Kier alpha value is -4.82. The van der Waals surface area contributed by atoms with Gasteiger partial charge < -0.3 is 20.4 Å². The van der Waals surface area contributed by atoms with Crippen LogP contribution in [0.3, 0.4) is 0 Å². The maximum absolute atomic E-state index is 13.2. The Morgan fingerprint density at radius 3 is 1.53 bits per heavy atom. The first-order valence-electron chi connectivity index (χ1n) is 10.5. The van der Waals surface area contributed by atoms with Gasteiger partial charge in [0.2, 0.25) is 0 Å². The van der Waals surface area contributed by atoms with Crippen molar-refractivity contribution in [1.29, 1.82) is 0 Å². The summed E-state index contributed by atoms with van der Waals surface area (Å²) in [5.74, 6) is -4.09. The molecule has 4 rings (SSSR count). The fraction of sp³-hybridized carbons (Fsp3) is 0. The number of anilines is 2. The fourth-order valence-corrected chi connectivity index (χ4v) is 6.23. The van der Waals surface area contributed by atoms with Gasteiger partial charge in [0.05, 0.1) is 15.5 Å². The third kappa shape index (κ3) is 5.02. The van der Waals surface area contributed by atoms with E-state index in [9.17, 15) is 41.7 Å². The number of aromatic carboxylic acids is 2. The van der Waals surface area contributed by atoms with Crippen LogP contribution in [0.25, 0.3) is 10.8 Å². The smallest absolute Gasteiger partial charge is 0.339 e. The lowest BCUT2D eigenvalue weighted by atomic mass is 10.1. The van der Waals surface area contributed by atoms with E-state index in [0.29, 0.717) is 0 Å². The van der Waals surface area contributed by atoms with Crippen LogP contribution in [0.5, 0.6) is 11.5 Å². The van der Waals surface area contributed by atoms with E-state index in [0.717, 1.165) is 36.4 Å². The standard InChI is InChI=1S/C24H18N2O10S2/c27-19-10-8-13(11-18(19)24(31)32)25-37(33,34)21-5-1-4-16-15(21)3-2-6-22(16)38(35,36)26-14-7-9-17(23(29)30)20(28)12-14/h1-12,25-28H,(H,29,30)(H,31,32). The van der Waals surface area contributed by atoms with E-state index >= 15 is 0 Å². The van der Waals surface area contributed by atoms with E-state index in [1.54, 1.807) is 0 Å². The minimum atomic E-state index is -4.36. The van der Waals surface area contributed by atoms with Crippen molar-refractivity contribution in [1.82, 2.24) is 0 Å². The zero-order valence-corrected chi connectivity index (χ0v) is 20.6. The van der Waals surface area contributed by atoms with Crippen LogP contribution in [0.2, 0.25) is 0 Å². The second-order valence-corrected chi connectivity index (χ2v) is 11.2. The number of carbonyl (C=O) groups is 2. The lowest BCUT2D eigenvalue weighted by Crippen LogP contribution is -2.16. The molecule has 0 aliphatic heterocycles. The van der Waals surface area contributed by atoms with Crippen LogP contribution in [-0.4, -0.2) is 49.2 Å². The van der Waals surface area contributed by atoms with Crippen molar-refractivity contribution in [2.24, 2.45) is 0 Å². The number of phenols is 2. The van der Waals surface area contributed by atoms with Gasteiger partial charge in [-0.05, 0) is 42.5 Å². The van der Waals surface area contributed by atoms with Gasteiger partial charge in [-0.25, -0.2) is 26.4 Å². The molecule has 0 aliphatic rings. The zero-order valence-electron chi connectivity index (χ0n) is 19.0. The van der Waals surface area contributed by atoms with Gasteiger partial charge in [0, 0.05) is 22.5 Å². The number of carboxylic acids is 2. The molecule has 0 radical (unpaired) electrons. The van der Waals surface area contributed by atoms with Gasteiger partial charge in [-0.3, -0.25) is 9.44 Å². The number of aromatic hydroxyl groups is 2. The first-order valence-corrected chi connectivity index (χ1v) is 13.5. The lowest BCUT2D eigenvalue weighted by molar-refractivity contribution is 0.0682. The number of sulfonamides is 2. The van der Waals surface area contributed by atoms with Crippen molar-refractivity contribution in [3.05, 3.63) is 83.9 Å². The second kappa shape index (κ2) is 9.57. The van der Waals surface area contributed by atoms with E-state index in [1.165, 1.54) is 36.4 Å². The van der Waals surface area contributed by atoms with Crippen LogP contribution in [-0.2, 0) is 20.0 Å². The van der Waals surface area contributed by atoms with Crippen molar-refractivity contribution in [3.63, 3.8) is 0 Å². The molecule has 0 saturated carbocycles. The average molecular weight is 559 g/mol. The molecule has 0 spiro atoms. The summed E-state index contributed by atoms with van der Waals surface area (Å²) in [5.41, 5.74) is -1.22. The van der Waals surface area contributed by atoms with Gasteiger partial charge in [0.25, 0.3) is 20.0 Å². The molecule has 0 aliphatic carbocycles. The zero-order chi connectivity index (χ0) is 27.8. The van der Waals surface area contributed by atoms with E-state index in [4.69, 9.17) is 5.11 Å². The Labute approximate surface area is 215 Å². The van der Waals surface area contributed by atoms with Crippen LogP contribution in [0, 0.1) is 0 Å². The molecule has 4 aromatic carbocycles. The van der Waals surface area contributed by atoms with E-state index in [1.807, 2.05) is 0 Å². The molecule has 0 unspecified atom stereocenters. The Morgan fingerprint density at radius 2 is 1.05 bits per heavy atom. The highest BCUT2D eigenvalue weighted by Crippen LogP contribution is 2.32. The summed E-state index contributed by atoms with van der Waals surface area (Å²) in [7, 11) is -8.71. The molecule has 0 atom stereocenters. The topological polar surface area (TPSA) is 207 Å². The van der Waals surface area contributed by atoms with Crippen molar-refractivity contribution in [2.75, 3.05) is 9.44 Å². The summed E-state index contributed by atoms with van der Waals surface area (Å²) in [5, 5.41) is 37.8. The highest BCUT2D eigenvalue weighted by atomic mass is 32.2. The van der Waals surface area contributed by atoms with E-state index in [-0.39, 0.29) is 31.9 Å². The summed E-state index contributed by atoms with van der Waals surface area (Å²) in [6.45, 7) is 0. The SMILES string of the molecule is O=C(O)c1ccc(NS(=O)(=O)c2cccc3c(S(=O)(=O)Nc4ccc(O)c(C(=O)O)c4)cccc23)cc1O. The largest absolute Gasteiger partial charge is 0.507 e. The third-order valence-corrected chi connectivity index (χ3v) is 8.26. The first kappa shape index (κ1) is 26.2. The second-order valence-electron chi connectivity index (χ2n) is 7.89. The summed E-state index contributed by atoms with van der Waals surface area (Å²) in [6, 6.07) is 14.1. The predicted molar refractivity (Wildman–Crippen MR) is 136 cm³/mol. The van der Waals surface area contributed by atoms with Crippen LogP contribution < -0.4 is 9.44 Å². The van der Waals surface area contributed by atoms with E-state index in [2.05, 4.69) is 9.44 Å².